The van der Waals surface area contributed by atoms with Crippen molar-refractivity contribution in [2.24, 2.45) is 0 Å². The Labute approximate surface area is 230 Å². The summed E-state index contributed by atoms with van der Waals surface area (Å²) in [6, 6.07) is 46.7. The molecule has 4 heteroatoms. The summed E-state index contributed by atoms with van der Waals surface area (Å²) in [6.45, 7) is 0. The third-order valence-corrected chi connectivity index (χ3v) is 7.56. The molecule has 0 saturated carbocycles. The maximum absolute atomic E-state index is 12.4. The summed E-state index contributed by atoms with van der Waals surface area (Å²) >= 11 is 0. The Kier molecular flexibility index (Phi) is 5.72. The summed E-state index contributed by atoms with van der Waals surface area (Å²) in [5, 5.41) is 18.2. The van der Waals surface area contributed by atoms with Crippen LogP contribution >= 0.6 is 0 Å². The molecule has 0 atom stereocenters. The molecule has 6 aromatic carbocycles. The highest BCUT2D eigenvalue weighted by atomic mass is 16.6. The average molecular weight is 517 g/mol. The normalized spacial score (nSPS) is 11.2. The third-order valence-electron chi connectivity index (χ3n) is 7.56. The van der Waals surface area contributed by atoms with Crippen LogP contribution in [0.3, 0.4) is 0 Å². The van der Waals surface area contributed by atoms with E-state index in [1.165, 1.54) is 0 Å². The van der Waals surface area contributed by atoms with Gasteiger partial charge in [0.05, 0.1) is 10.4 Å². The first-order valence-corrected chi connectivity index (χ1v) is 13.2. The van der Waals surface area contributed by atoms with Crippen molar-refractivity contribution in [1.82, 2.24) is 4.98 Å². The van der Waals surface area contributed by atoms with Crippen molar-refractivity contribution < 1.29 is 4.92 Å². The van der Waals surface area contributed by atoms with Gasteiger partial charge in [-0.15, -0.1) is 0 Å². The summed E-state index contributed by atoms with van der Waals surface area (Å²) in [6.07, 6.45) is 0. The van der Waals surface area contributed by atoms with Crippen molar-refractivity contribution in [2.75, 3.05) is 0 Å². The number of benzene rings is 6. The first-order chi connectivity index (χ1) is 19.7. The molecule has 40 heavy (non-hydrogen) atoms. The molecule has 0 saturated heterocycles. The second-order valence-corrected chi connectivity index (χ2v) is 9.82. The van der Waals surface area contributed by atoms with Crippen LogP contribution < -0.4 is 0 Å². The fourth-order valence-corrected chi connectivity index (χ4v) is 5.80. The van der Waals surface area contributed by atoms with E-state index in [9.17, 15) is 10.1 Å². The van der Waals surface area contributed by atoms with E-state index >= 15 is 0 Å². The number of fused-ring (bicyclic) bond motifs is 7. The fraction of sp³-hybridized carbons (Fsp3) is 0. The van der Waals surface area contributed by atoms with E-state index in [0.717, 1.165) is 60.1 Å². The molecule has 0 unspecified atom stereocenters. The lowest BCUT2D eigenvalue weighted by Crippen LogP contribution is -1.91. The molecule has 0 fully saturated rings. The van der Waals surface area contributed by atoms with Crippen molar-refractivity contribution in [2.45, 2.75) is 0 Å². The molecular weight excluding hydrogens is 492 g/mol. The molecule has 7 rings (SSSR count). The molecule has 0 radical (unpaired) electrons. The van der Waals surface area contributed by atoms with Gasteiger partial charge in [0.15, 0.2) is 0 Å². The van der Waals surface area contributed by atoms with Gasteiger partial charge in [0.2, 0.25) is 0 Å². The Hall–Kier alpha value is -5.48. The number of rotatable bonds is 3. The number of hydrogen-bond donors (Lipinski definition) is 1. The number of non-ortho nitro benzene ring substituents is 1. The van der Waals surface area contributed by atoms with E-state index in [1.54, 1.807) is 12.1 Å². The van der Waals surface area contributed by atoms with Crippen LogP contribution in [0.1, 0.15) is 0 Å². The van der Waals surface area contributed by atoms with E-state index in [0.29, 0.717) is 5.52 Å². The predicted molar refractivity (Wildman–Crippen MR) is 166 cm³/mol. The zero-order valence-corrected chi connectivity index (χ0v) is 21.5. The Bertz CT molecular complexity index is 2130. The Morgan fingerprint density at radius 3 is 1.62 bits per heavy atom. The monoisotopic (exact) mass is 516 g/mol. The number of para-hydroxylation sites is 2. The lowest BCUT2D eigenvalue weighted by atomic mass is 9.93. The quantitative estimate of drug-likeness (QED) is 0.188. The van der Waals surface area contributed by atoms with Crippen LogP contribution in [0.2, 0.25) is 0 Å². The average Bonchev–Trinajstić information content (AvgIpc) is 3.06. The number of nitro benzene ring substituents is 1. The second kappa shape index (κ2) is 9.68. The van der Waals surface area contributed by atoms with E-state index in [2.05, 4.69) is 83.8 Å². The first kappa shape index (κ1) is 23.6. The molecule has 4 nitrogen and oxygen atoms in total. The molecule has 7 aromatic rings. The lowest BCUT2D eigenvalue weighted by molar-refractivity contribution is -0.383. The van der Waals surface area contributed by atoms with Gasteiger partial charge in [-0.05, 0) is 38.2 Å². The highest BCUT2D eigenvalue weighted by Crippen LogP contribution is 2.40. The summed E-state index contributed by atoms with van der Waals surface area (Å²) in [5.74, 6) is 0. The van der Waals surface area contributed by atoms with Crippen LogP contribution in [0.5, 0.6) is 0 Å². The van der Waals surface area contributed by atoms with Gasteiger partial charge in [0, 0.05) is 22.4 Å². The Morgan fingerprint density at radius 2 is 0.950 bits per heavy atom. The number of nitrogens with one attached hydrogen (secondary N) is 1. The fourth-order valence-electron chi connectivity index (χ4n) is 5.80. The maximum atomic E-state index is 12.4. The zero-order valence-electron chi connectivity index (χ0n) is 21.5. The van der Waals surface area contributed by atoms with Crippen LogP contribution in [-0.4, -0.2) is 9.91 Å². The highest BCUT2D eigenvalue weighted by Gasteiger charge is 2.16. The standard InChI is InChI=1S/C36H24N2O2/c39-38(40)33-23-11-21-31-29-17-8-7-16-28(29)30-20-9-18-26(24-12-3-1-4-13-24)34(30)32-22-10-19-27(35(32)37-36(31)33)25-14-5-2-6-15-25/h1-23,37H. The van der Waals surface area contributed by atoms with Gasteiger partial charge in [-0.2, -0.15) is 0 Å². The third kappa shape index (κ3) is 3.86. The second-order valence-electron chi connectivity index (χ2n) is 9.82. The number of aromatic nitrogens is 1. The first-order valence-electron chi connectivity index (χ1n) is 13.2. The van der Waals surface area contributed by atoms with Crippen molar-refractivity contribution in [1.29, 1.82) is 0 Å². The van der Waals surface area contributed by atoms with Gasteiger partial charge in [0.25, 0.3) is 5.69 Å². The van der Waals surface area contributed by atoms with Crippen LogP contribution in [0.25, 0.3) is 65.6 Å². The van der Waals surface area contributed by atoms with E-state index in [4.69, 9.17) is 0 Å². The van der Waals surface area contributed by atoms with Crippen LogP contribution in [0.15, 0.2) is 140 Å². The van der Waals surface area contributed by atoms with Gasteiger partial charge in [-0.25, -0.2) is 0 Å². The molecule has 0 bridgehead atoms. The van der Waals surface area contributed by atoms with Crippen molar-refractivity contribution >= 4 is 49.0 Å². The minimum Gasteiger partial charge on any atom is -0.348 e. The minimum absolute atomic E-state index is 0.0374. The van der Waals surface area contributed by atoms with E-state index in [1.807, 2.05) is 48.5 Å². The topological polar surface area (TPSA) is 58.9 Å². The summed E-state index contributed by atoms with van der Waals surface area (Å²) < 4.78 is 0. The van der Waals surface area contributed by atoms with E-state index < -0.39 is 0 Å². The number of nitrogens with zero attached hydrogens (tertiary/aromatic N) is 1. The van der Waals surface area contributed by atoms with Crippen molar-refractivity contribution in [3.63, 3.8) is 0 Å². The highest BCUT2D eigenvalue weighted by molar-refractivity contribution is 6.24. The zero-order chi connectivity index (χ0) is 27.1. The van der Waals surface area contributed by atoms with Gasteiger partial charge in [-0.3, -0.25) is 10.1 Å². The van der Waals surface area contributed by atoms with E-state index in [-0.39, 0.29) is 10.6 Å². The maximum Gasteiger partial charge on any atom is 0.293 e. The molecule has 1 N–H and O–H groups in total. The van der Waals surface area contributed by atoms with Gasteiger partial charge < -0.3 is 4.98 Å². The summed E-state index contributed by atoms with van der Waals surface area (Å²) in [4.78, 5) is 15.7. The predicted octanol–water partition coefficient (Wildman–Crippen LogP) is 9.99. The van der Waals surface area contributed by atoms with Gasteiger partial charge in [-0.1, -0.05) is 133 Å². The summed E-state index contributed by atoms with van der Waals surface area (Å²) in [7, 11) is 0. The number of H-pyrrole nitrogens is 1. The molecule has 0 aliphatic heterocycles. The molecule has 0 spiro atoms. The largest absolute Gasteiger partial charge is 0.348 e. The SMILES string of the molecule is O=[N+]([O-])c1cccc2c1[nH]c1c(-c3ccccc3)cccc1c1c(-c3ccccc3)cccc1c1ccccc21. The van der Waals surface area contributed by atoms with Crippen molar-refractivity contribution in [3.05, 3.63) is 150 Å². The molecular formula is C36H24N2O2. The Morgan fingerprint density at radius 1 is 0.450 bits per heavy atom. The minimum atomic E-state index is -0.306. The van der Waals surface area contributed by atoms with Crippen LogP contribution in [-0.2, 0) is 0 Å². The van der Waals surface area contributed by atoms with Crippen molar-refractivity contribution in [3.8, 4) is 22.3 Å². The number of hydrogen-bond acceptors (Lipinski definition) is 2. The molecule has 0 amide bonds. The van der Waals surface area contributed by atoms with Gasteiger partial charge in [0.1, 0.15) is 5.52 Å². The lowest BCUT2D eigenvalue weighted by Gasteiger charge is -2.11. The number of aromatic amines is 1. The van der Waals surface area contributed by atoms with Crippen LogP contribution in [0.4, 0.5) is 5.69 Å². The molecule has 0 aliphatic rings. The smallest absolute Gasteiger partial charge is 0.293 e. The van der Waals surface area contributed by atoms with Crippen LogP contribution in [0, 0.1) is 10.1 Å². The molecule has 190 valence electrons. The molecule has 1 heterocycles. The molecule has 1 aromatic heterocycles. The van der Waals surface area contributed by atoms with Gasteiger partial charge >= 0.3 is 0 Å². The Balaban J connectivity index is 1.87. The summed E-state index contributed by atoms with van der Waals surface area (Å²) in [5.41, 5.74) is 5.57. The molecule has 0 aliphatic carbocycles. The number of nitro groups is 1.